The molecule has 2 aromatic rings. The average Bonchev–Trinajstić information content (AvgIpc) is 3.21. The van der Waals surface area contributed by atoms with E-state index in [-0.39, 0.29) is 24.7 Å². The van der Waals surface area contributed by atoms with Crippen LogP contribution in [-0.4, -0.2) is 49.9 Å². The van der Waals surface area contributed by atoms with Crippen LogP contribution in [0.5, 0.6) is 0 Å². The Morgan fingerprint density at radius 3 is 2.42 bits per heavy atom. The predicted octanol–water partition coefficient (Wildman–Crippen LogP) is 4.03. The molecule has 10 heteroatoms. The zero-order valence-corrected chi connectivity index (χ0v) is 22.6. The number of carbonyl (C=O) groups excluding carboxylic acids is 2. The lowest BCUT2D eigenvalue weighted by molar-refractivity contribution is -0.145. The summed E-state index contributed by atoms with van der Waals surface area (Å²) in [4.78, 5) is 61.5. The van der Waals surface area contributed by atoms with Gasteiger partial charge < -0.3 is 14.9 Å². The van der Waals surface area contributed by atoms with Gasteiger partial charge >= 0.3 is 13.7 Å². The lowest BCUT2D eigenvalue weighted by Gasteiger charge is -2.41. The highest BCUT2D eigenvalue weighted by molar-refractivity contribution is 7.50. The fraction of sp³-hybridized carbons (Fsp3) is 0.464. The van der Waals surface area contributed by atoms with Crippen molar-refractivity contribution in [3.8, 4) is 0 Å². The van der Waals surface area contributed by atoms with Crippen molar-refractivity contribution in [3.05, 3.63) is 65.7 Å². The Balaban J connectivity index is 1.69. The van der Waals surface area contributed by atoms with Gasteiger partial charge in [0.25, 0.3) is 5.91 Å². The van der Waals surface area contributed by atoms with E-state index in [9.17, 15) is 33.8 Å². The molecule has 2 aromatic carbocycles. The molecule has 3 unspecified atom stereocenters. The molecule has 1 fully saturated rings. The van der Waals surface area contributed by atoms with Crippen LogP contribution in [0.2, 0.25) is 0 Å². The quantitative estimate of drug-likeness (QED) is 0.429. The van der Waals surface area contributed by atoms with Gasteiger partial charge in [0.15, 0.2) is 0 Å². The number of aryl methyl sites for hydroxylation is 1. The van der Waals surface area contributed by atoms with Gasteiger partial charge in [-0.1, -0.05) is 68.8 Å². The van der Waals surface area contributed by atoms with Crippen LogP contribution in [0.3, 0.4) is 0 Å². The third-order valence-corrected chi connectivity index (χ3v) is 9.23. The molecule has 4 atom stereocenters. The molecule has 3 N–H and O–H groups in total. The number of aliphatic carboxylic acids is 1. The fourth-order valence-electron chi connectivity index (χ4n) is 6.43. The van der Waals surface area contributed by atoms with Crippen molar-refractivity contribution in [1.29, 1.82) is 0 Å². The third kappa shape index (κ3) is 5.55. The smallest absolute Gasteiger partial charge is 0.433 e. The molecule has 0 radical (unpaired) electrons. The van der Waals surface area contributed by atoms with Crippen LogP contribution in [0.4, 0.5) is 5.69 Å². The molecule has 0 bridgehead atoms. The highest BCUT2D eigenvalue weighted by Crippen LogP contribution is 2.54. The Kier molecular flexibility index (Phi) is 8.12. The minimum absolute atomic E-state index is 0.0247. The minimum Gasteiger partial charge on any atom is -0.480 e. The van der Waals surface area contributed by atoms with Crippen molar-refractivity contribution < 1.29 is 33.8 Å². The molecule has 204 valence electrons. The summed E-state index contributed by atoms with van der Waals surface area (Å²) in [6, 6.07) is 15.2. The highest BCUT2D eigenvalue weighted by atomic mass is 31.2. The van der Waals surface area contributed by atoms with E-state index in [0.717, 1.165) is 23.3 Å². The number of amides is 2. The number of hydrogen-bond acceptors (Lipinski definition) is 4. The topological polar surface area (TPSA) is 135 Å². The summed E-state index contributed by atoms with van der Waals surface area (Å²) in [6.45, 7) is 3.13. The number of carboxylic acid groups (broad SMARTS) is 1. The molecule has 0 aromatic heterocycles. The van der Waals surface area contributed by atoms with Crippen LogP contribution in [0.15, 0.2) is 54.6 Å². The second-order valence-corrected chi connectivity index (χ2v) is 12.2. The minimum atomic E-state index is -5.24. The van der Waals surface area contributed by atoms with Crippen LogP contribution >= 0.6 is 7.75 Å². The Labute approximate surface area is 222 Å². The van der Waals surface area contributed by atoms with Gasteiger partial charge in [0.2, 0.25) is 5.91 Å². The van der Waals surface area contributed by atoms with Crippen LogP contribution in [0.25, 0.3) is 0 Å². The number of para-hydroxylation sites is 1. The maximum atomic E-state index is 14.2. The average molecular weight is 543 g/mol. The summed E-state index contributed by atoms with van der Waals surface area (Å²) >= 11 is 0. The molecular formula is C28H35N2O7P. The molecule has 0 saturated heterocycles. The van der Waals surface area contributed by atoms with Gasteiger partial charge in [0.05, 0.1) is 5.41 Å². The van der Waals surface area contributed by atoms with Crippen LogP contribution in [0.1, 0.15) is 50.7 Å². The summed E-state index contributed by atoms with van der Waals surface area (Å²) in [5.41, 5.74) is 1.10. The number of carboxylic acids is 1. The zero-order valence-electron chi connectivity index (χ0n) is 21.7. The van der Waals surface area contributed by atoms with Crippen molar-refractivity contribution in [2.45, 2.75) is 58.4 Å². The summed E-state index contributed by atoms with van der Waals surface area (Å²) in [7, 11) is -5.24. The van der Waals surface area contributed by atoms with Gasteiger partial charge in [-0.05, 0) is 61.1 Å². The first-order valence-electron chi connectivity index (χ1n) is 13.0. The zero-order chi connectivity index (χ0) is 27.7. The number of fused-ring (bicyclic) bond motifs is 1. The number of rotatable bonds is 8. The molecule has 1 saturated carbocycles. The van der Waals surface area contributed by atoms with E-state index in [1.165, 1.54) is 0 Å². The Hall–Kier alpha value is -3.00. The summed E-state index contributed by atoms with van der Waals surface area (Å²) < 4.78 is 13.4. The van der Waals surface area contributed by atoms with Gasteiger partial charge in [0.1, 0.15) is 12.6 Å². The summed E-state index contributed by atoms with van der Waals surface area (Å²) in [6.07, 6.45) is 2.87. The van der Waals surface area contributed by atoms with Gasteiger partial charge in [-0.3, -0.25) is 19.3 Å². The molecular weight excluding hydrogens is 507 g/mol. The molecule has 38 heavy (non-hydrogen) atoms. The molecule has 1 aliphatic carbocycles. The molecule has 2 amide bonds. The first-order valence-corrected chi connectivity index (χ1v) is 14.5. The number of nitrogens with zero attached hydrogens (tertiary/aromatic N) is 2. The Morgan fingerprint density at radius 1 is 1.11 bits per heavy atom. The Bertz CT molecular complexity index is 1250. The molecule has 1 aliphatic heterocycles. The van der Waals surface area contributed by atoms with E-state index < -0.39 is 43.5 Å². The van der Waals surface area contributed by atoms with Crippen molar-refractivity contribution in [2.24, 2.45) is 17.3 Å². The van der Waals surface area contributed by atoms with Crippen molar-refractivity contribution in [1.82, 2.24) is 4.67 Å². The van der Waals surface area contributed by atoms with Gasteiger partial charge in [0, 0.05) is 5.69 Å². The van der Waals surface area contributed by atoms with Gasteiger partial charge in [-0.25, -0.2) is 9.24 Å². The van der Waals surface area contributed by atoms with Crippen LogP contribution in [0, 0.1) is 17.3 Å². The lowest BCUT2D eigenvalue weighted by Crippen LogP contribution is -2.54. The van der Waals surface area contributed by atoms with E-state index in [1.54, 1.807) is 31.2 Å². The molecule has 2 aliphatic rings. The van der Waals surface area contributed by atoms with Crippen molar-refractivity contribution in [2.75, 3.05) is 11.4 Å². The first kappa shape index (κ1) is 28.0. The van der Waals surface area contributed by atoms with Crippen molar-refractivity contribution >= 4 is 31.2 Å². The Morgan fingerprint density at radius 2 is 1.76 bits per heavy atom. The summed E-state index contributed by atoms with van der Waals surface area (Å²) in [5.74, 6) is -2.89. The summed E-state index contributed by atoms with van der Waals surface area (Å²) in [5, 5.41) is 9.50. The SMILES string of the molecule is CC(Cc1ccccc1)C1CCCC1(C)C(=O)N([C@H]1CCc2ccccc2N(CC(=O)O)C1=O)P(=O)(O)O. The lowest BCUT2D eigenvalue weighted by atomic mass is 9.71. The standard InChI is InChI=1S/C28H35N2O7P/c1-19(17-20-9-4-3-5-10-20)22-12-8-16-28(22,2)27(34)30(38(35,36)37)24-15-14-21-11-6-7-13-23(21)29(26(24)33)18-25(31)32/h3-7,9-11,13,19,22,24H,8,12,14-18H2,1-2H3,(H,31,32)(H2,35,36,37)/t19?,22?,24-,28?/m0/s1. The predicted molar refractivity (Wildman–Crippen MR) is 142 cm³/mol. The van der Waals surface area contributed by atoms with E-state index in [4.69, 9.17) is 0 Å². The van der Waals surface area contributed by atoms with E-state index in [1.807, 2.05) is 30.3 Å². The normalized spacial score (nSPS) is 24.4. The second kappa shape index (κ2) is 11.0. The van der Waals surface area contributed by atoms with Crippen LogP contribution < -0.4 is 4.90 Å². The number of hydrogen-bond donors (Lipinski definition) is 3. The first-order chi connectivity index (χ1) is 17.9. The van der Waals surface area contributed by atoms with E-state index >= 15 is 0 Å². The fourth-order valence-corrected chi connectivity index (χ4v) is 7.47. The molecule has 0 spiro atoms. The second-order valence-electron chi connectivity index (χ2n) is 10.7. The maximum Gasteiger partial charge on any atom is 0.433 e. The monoisotopic (exact) mass is 542 g/mol. The number of carbonyl (C=O) groups is 3. The van der Waals surface area contributed by atoms with Gasteiger partial charge in [-0.15, -0.1) is 0 Å². The highest BCUT2D eigenvalue weighted by Gasteiger charge is 2.54. The van der Waals surface area contributed by atoms with Crippen LogP contribution in [-0.2, 0) is 31.8 Å². The van der Waals surface area contributed by atoms with Crippen molar-refractivity contribution in [3.63, 3.8) is 0 Å². The largest absolute Gasteiger partial charge is 0.480 e. The maximum absolute atomic E-state index is 14.2. The van der Waals surface area contributed by atoms with E-state index in [0.29, 0.717) is 28.8 Å². The number of benzene rings is 2. The molecule has 9 nitrogen and oxygen atoms in total. The third-order valence-electron chi connectivity index (χ3n) is 8.20. The van der Waals surface area contributed by atoms with Gasteiger partial charge in [-0.2, -0.15) is 0 Å². The van der Waals surface area contributed by atoms with E-state index in [2.05, 4.69) is 6.92 Å². The molecule has 1 heterocycles. The molecule has 4 rings (SSSR count). The number of anilines is 1.